The number of nitrogens with zero attached hydrogens (tertiary/aromatic N) is 1. The highest BCUT2D eigenvalue weighted by atomic mass is 32.1. The van der Waals surface area contributed by atoms with E-state index >= 15 is 0 Å². The molecule has 1 N–H and O–H groups in total. The lowest BCUT2D eigenvalue weighted by Gasteiger charge is -2.08. The molecule has 1 aromatic heterocycles. The Kier molecular flexibility index (Phi) is 6.06. The van der Waals surface area contributed by atoms with Gasteiger partial charge in [-0.3, -0.25) is 9.59 Å². The van der Waals surface area contributed by atoms with Gasteiger partial charge in [0.05, 0.1) is 5.56 Å². The molecule has 0 aliphatic heterocycles. The van der Waals surface area contributed by atoms with E-state index < -0.39 is 18.5 Å². The second-order valence-corrected chi connectivity index (χ2v) is 7.36. The van der Waals surface area contributed by atoms with Crippen molar-refractivity contribution < 1.29 is 23.9 Å². The van der Waals surface area contributed by atoms with Crippen molar-refractivity contribution in [1.29, 1.82) is 5.26 Å². The molecule has 1 heterocycles. The summed E-state index contributed by atoms with van der Waals surface area (Å²) < 4.78 is 10.2. The van der Waals surface area contributed by atoms with Gasteiger partial charge in [-0.1, -0.05) is 0 Å². The summed E-state index contributed by atoms with van der Waals surface area (Å²) >= 11 is 1.40. The maximum atomic E-state index is 12.0. The third kappa shape index (κ3) is 4.56. The average molecular weight is 398 g/mol. The zero-order valence-electron chi connectivity index (χ0n) is 15.2. The molecule has 2 aromatic rings. The van der Waals surface area contributed by atoms with Gasteiger partial charge >= 0.3 is 5.97 Å². The fourth-order valence-electron chi connectivity index (χ4n) is 2.89. The molecular weight excluding hydrogens is 380 g/mol. The summed E-state index contributed by atoms with van der Waals surface area (Å²) in [6.07, 6.45) is 2.80. The van der Waals surface area contributed by atoms with Crippen molar-refractivity contribution in [1.82, 2.24) is 0 Å². The highest BCUT2D eigenvalue weighted by molar-refractivity contribution is 7.16. The molecule has 1 aliphatic rings. The van der Waals surface area contributed by atoms with Crippen LogP contribution in [0, 0.1) is 11.3 Å². The van der Waals surface area contributed by atoms with Gasteiger partial charge in [-0.25, -0.2) is 4.79 Å². The van der Waals surface area contributed by atoms with Crippen molar-refractivity contribution in [2.45, 2.75) is 26.2 Å². The average Bonchev–Trinajstić information content (AvgIpc) is 3.25. The minimum absolute atomic E-state index is 0.0625. The summed E-state index contributed by atoms with van der Waals surface area (Å²) in [5.74, 6) is -0.846. The molecule has 0 unspecified atom stereocenters. The van der Waals surface area contributed by atoms with E-state index in [9.17, 15) is 19.6 Å². The van der Waals surface area contributed by atoms with Crippen LogP contribution in [-0.2, 0) is 27.2 Å². The van der Waals surface area contributed by atoms with Gasteiger partial charge in [0.1, 0.15) is 16.8 Å². The molecule has 0 fully saturated rings. The number of anilines is 1. The van der Waals surface area contributed by atoms with Crippen LogP contribution in [0.1, 0.15) is 39.7 Å². The van der Waals surface area contributed by atoms with Gasteiger partial charge in [-0.05, 0) is 56.0 Å². The molecule has 8 heteroatoms. The molecule has 144 valence electrons. The maximum absolute atomic E-state index is 12.0. The first kappa shape index (κ1) is 19.6. The number of carbonyl (C=O) groups excluding carboxylic acids is 3. The molecule has 3 rings (SSSR count). The molecule has 1 aromatic carbocycles. The minimum atomic E-state index is -0.694. The summed E-state index contributed by atoms with van der Waals surface area (Å²) in [6, 6.07) is 8.50. The Labute approximate surface area is 165 Å². The van der Waals surface area contributed by atoms with Crippen molar-refractivity contribution in [3.63, 3.8) is 0 Å². The third-order valence-electron chi connectivity index (χ3n) is 4.27. The number of amides is 1. The number of benzene rings is 1. The predicted molar refractivity (Wildman–Crippen MR) is 103 cm³/mol. The number of ether oxygens (including phenoxy) is 2. The molecule has 0 saturated carbocycles. The molecule has 0 bridgehead atoms. The number of thiophene rings is 1. The summed E-state index contributed by atoms with van der Waals surface area (Å²) in [4.78, 5) is 36.1. The number of Topliss-reactive ketones (excluding diaryl/α,β-unsaturated/α-hetero) is 1. The number of nitriles is 1. The smallest absolute Gasteiger partial charge is 0.344 e. The van der Waals surface area contributed by atoms with Crippen LogP contribution in [0.4, 0.5) is 5.00 Å². The SMILES string of the molecule is CC(=O)c1ccc(OCC(=O)OCC(=O)Nc2sc3c(c2C#N)CCC3)cc1. The molecule has 0 radical (unpaired) electrons. The zero-order valence-corrected chi connectivity index (χ0v) is 16.1. The lowest BCUT2D eigenvalue weighted by atomic mass is 10.1. The van der Waals surface area contributed by atoms with Crippen molar-refractivity contribution in [2.24, 2.45) is 0 Å². The third-order valence-corrected chi connectivity index (χ3v) is 5.48. The summed E-state index contributed by atoms with van der Waals surface area (Å²) in [5, 5.41) is 12.5. The summed E-state index contributed by atoms with van der Waals surface area (Å²) in [6.45, 7) is 0.643. The molecular formula is C20H18N2O5S. The summed E-state index contributed by atoms with van der Waals surface area (Å²) in [5.41, 5.74) is 2.07. The highest BCUT2D eigenvalue weighted by Gasteiger charge is 2.23. The topological polar surface area (TPSA) is 105 Å². The normalized spacial score (nSPS) is 12.0. The standard InChI is InChI=1S/C20H18N2O5S/c1-12(23)13-5-7-14(8-6-13)26-11-19(25)27-10-18(24)22-20-16(9-21)15-3-2-4-17(15)28-20/h5-8H,2-4,10-11H2,1H3,(H,22,24). The Morgan fingerprint density at radius 2 is 1.93 bits per heavy atom. The second kappa shape index (κ2) is 8.67. The Morgan fingerprint density at radius 3 is 2.61 bits per heavy atom. The van der Waals surface area contributed by atoms with E-state index in [0.717, 1.165) is 29.7 Å². The lowest BCUT2D eigenvalue weighted by Crippen LogP contribution is -2.23. The number of rotatable bonds is 7. The first-order chi connectivity index (χ1) is 13.5. The van der Waals surface area contributed by atoms with Crippen LogP contribution in [0.15, 0.2) is 24.3 Å². The van der Waals surface area contributed by atoms with Crippen LogP contribution < -0.4 is 10.1 Å². The van der Waals surface area contributed by atoms with Gasteiger partial charge in [0, 0.05) is 10.4 Å². The zero-order chi connectivity index (χ0) is 20.1. The van der Waals surface area contributed by atoms with E-state index in [0.29, 0.717) is 21.9 Å². The Bertz CT molecular complexity index is 956. The Hall–Kier alpha value is -3.18. The van der Waals surface area contributed by atoms with Crippen molar-refractivity contribution in [2.75, 3.05) is 18.5 Å². The molecule has 1 aliphatic carbocycles. The van der Waals surface area contributed by atoms with E-state index in [-0.39, 0.29) is 12.4 Å². The first-order valence-electron chi connectivity index (χ1n) is 8.72. The maximum Gasteiger partial charge on any atom is 0.344 e. The first-order valence-corrected chi connectivity index (χ1v) is 9.53. The van der Waals surface area contributed by atoms with Gasteiger partial charge in [-0.2, -0.15) is 5.26 Å². The van der Waals surface area contributed by atoms with Gasteiger partial charge in [0.2, 0.25) is 0 Å². The minimum Gasteiger partial charge on any atom is -0.482 e. The number of ketones is 1. The second-order valence-electron chi connectivity index (χ2n) is 6.25. The van der Waals surface area contributed by atoms with E-state index in [2.05, 4.69) is 11.4 Å². The largest absolute Gasteiger partial charge is 0.482 e. The molecule has 0 saturated heterocycles. The van der Waals surface area contributed by atoms with Gasteiger partial charge in [0.25, 0.3) is 5.91 Å². The van der Waals surface area contributed by atoms with Crippen LogP contribution in [0.25, 0.3) is 0 Å². The summed E-state index contributed by atoms with van der Waals surface area (Å²) in [7, 11) is 0. The van der Waals surface area contributed by atoms with E-state index in [4.69, 9.17) is 9.47 Å². The van der Waals surface area contributed by atoms with E-state index in [1.807, 2.05) is 0 Å². The number of aryl methyl sites for hydroxylation is 1. The Balaban J connectivity index is 1.45. The van der Waals surface area contributed by atoms with Gasteiger partial charge in [0.15, 0.2) is 19.0 Å². The quantitative estimate of drug-likeness (QED) is 0.568. The van der Waals surface area contributed by atoms with Crippen LogP contribution in [-0.4, -0.2) is 30.9 Å². The van der Waals surface area contributed by atoms with Crippen LogP contribution in [0.5, 0.6) is 5.75 Å². The number of hydrogen-bond acceptors (Lipinski definition) is 7. The molecule has 7 nitrogen and oxygen atoms in total. The van der Waals surface area contributed by atoms with Crippen LogP contribution >= 0.6 is 11.3 Å². The van der Waals surface area contributed by atoms with Crippen LogP contribution in [0.3, 0.4) is 0 Å². The number of carbonyl (C=O) groups is 3. The molecule has 0 atom stereocenters. The number of hydrogen-bond donors (Lipinski definition) is 1. The fourth-order valence-corrected chi connectivity index (χ4v) is 4.15. The lowest BCUT2D eigenvalue weighted by molar-refractivity contribution is -0.149. The molecule has 1 amide bonds. The van der Waals surface area contributed by atoms with E-state index in [1.54, 1.807) is 24.3 Å². The number of fused-ring (bicyclic) bond motifs is 1. The monoisotopic (exact) mass is 398 g/mol. The predicted octanol–water partition coefficient (Wildman–Crippen LogP) is 2.87. The molecule has 28 heavy (non-hydrogen) atoms. The van der Waals surface area contributed by atoms with Crippen molar-refractivity contribution in [3.8, 4) is 11.8 Å². The van der Waals surface area contributed by atoms with Crippen molar-refractivity contribution >= 4 is 34.0 Å². The number of esters is 1. The highest BCUT2D eigenvalue weighted by Crippen LogP contribution is 2.38. The Morgan fingerprint density at radius 1 is 1.18 bits per heavy atom. The van der Waals surface area contributed by atoms with Gasteiger partial charge in [-0.15, -0.1) is 11.3 Å². The van der Waals surface area contributed by atoms with Gasteiger partial charge < -0.3 is 14.8 Å². The molecule has 0 spiro atoms. The van der Waals surface area contributed by atoms with E-state index in [1.165, 1.54) is 18.3 Å². The number of nitrogens with one attached hydrogen (secondary N) is 1. The van der Waals surface area contributed by atoms with Crippen LogP contribution in [0.2, 0.25) is 0 Å². The fraction of sp³-hybridized carbons (Fsp3) is 0.300. The van der Waals surface area contributed by atoms with Crippen molar-refractivity contribution in [3.05, 3.63) is 45.8 Å².